The molecule has 706 valence electrons. The highest BCUT2D eigenvalue weighted by Crippen LogP contribution is 2.49. The number of ether oxygens (including phenoxy) is 5. The van der Waals surface area contributed by atoms with E-state index in [4.69, 9.17) is 28.1 Å². The van der Waals surface area contributed by atoms with E-state index >= 15 is 0 Å². The molecule has 0 bridgehead atoms. The molecule has 0 spiro atoms. The molecule has 3 fully saturated rings. The summed E-state index contributed by atoms with van der Waals surface area (Å²) in [5.41, 5.74) is 0. The van der Waals surface area contributed by atoms with Crippen molar-refractivity contribution in [2.45, 2.75) is 609 Å². The van der Waals surface area contributed by atoms with Gasteiger partial charge in [0.05, 0.1) is 24.7 Å². The molecule has 1 saturated carbocycles. The smallest absolute Gasteiger partial charge is 0.311 e. The van der Waals surface area contributed by atoms with Crippen LogP contribution in [0.25, 0.3) is 0 Å². The molecular weight excluding hydrogens is 1510 g/mol. The molecular formula is C103H200O15Si. The van der Waals surface area contributed by atoms with E-state index in [1.54, 1.807) is 0 Å². The van der Waals surface area contributed by atoms with E-state index in [-0.39, 0.29) is 23.2 Å². The van der Waals surface area contributed by atoms with Crippen LogP contribution in [0.15, 0.2) is 0 Å². The van der Waals surface area contributed by atoms with Crippen molar-refractivity contribution in [3.8, 4) is 0 Å². The van der Waals surface area contributed by atoms with Crippen molar-refractivity contribution in [2.24, 2.45) is 23.7 Å². The second-order valence-corrected chi connectivity index (χ2v) is 45.0. The van der Waals surface area contributed by atoms with E-state index in [2.05, 4.69) is 61.6 Å². The molecule has 2 aliphatic heterocycles. The first kappa shape index (κ1) is 112. The molecule has 2 saturated heterocycles. The Kier molecular flexibility index (Phi) is 69.2. The molecule has 0 radical (unpaired) electrons. The van der Waals surface area contributed by atoms with Crippen molar-refractivity contribution in [3.63, 3.8) is 0 Å². The van der Waals surface area contributed by atoms with Crippen molar-refractivity contribution < 1.29 is 73.4 Å². The van der Waals surface area contributed by atoms with Gasteiger partial charge in [-0.05, 0) is 81.3 Å². The van der Waals surface area contributed by atoms with Crippen LogP contribution in [0.5, 0.6) is 0 Å². The second-order valence-electron chi connectivity index (χ2n) is 40.3. The molecule has 16 atom stereocenters. The average molecular weight is 1710 g/mol. The van der Waals surface area contributed by atoms with Crippen LogP contribution in [-0.4, -0.2) is 143 Å². The normalized spacial score (nSPS) is 22.7. The zero-order valence-electron chi connectivity index (χ0n) is 79.7. The minimum Gasteiger partial charge on any atom is -0.463 e. The lowest BCUT2D eigenvalue weighted by molar-refractivity contribution is -0.376. The van der Waals surface area contributed by atoms with Crippen molar-refractivity contribution in [2.75, 3.05) is 13.2 Å². The molecule has 0 aromatic carbocycles. The standard InChI is InChI=1S/C103H200O15Si/c1-10-12-14-16-18-20-22-24-26-28-29-30-31-36-43-49-55-61-67-73-79-88(100(112)113-84-92-95(107)97(109)99(111)102(116-92)117-101-98(110)96(108)94(106)91(83-104)115-101)90(118-119(8,9)103(5,6)7)80-74-68-62-56-50-44-37-33-32-35-42-48-54-60-66-72-78-87-82-89(87)85(3)76-70-64-58-52-46-40-38-39-45-51-57-63-69-75-81-93(105)114-86(4)77-71-65-59-53-47-41-34-27-25-23-21-19-17-15-13-11-2/h85-92,94-99,101-102,104,106-111H,10-84H2,1-9H3/t85-,86-,87-,88+,89+,90+,91-,92?,94?,95+,96-,97-,98?,99?,101?,102+/m0/s1. The van der Waals surface area contributed by atoms with E-state index in [1.165, 1.54) is 392 Å². The molecule has 2 heterocycles. The van der Waals surface area contributed by atoms with Gasteiger partial charge in [-0.2, -0.15) is 0 Å². The second kappa shape index (κ2) is 73.6. The van der Waals surface area contributed by atoms with Crippen LogP contribution in [0.4, 0.5) is 0 Å². The minimum absolute atomic E-state index is 0.0167. The summed E-state index contributed by atoms with van der Waals surface area (Å²) in [6.07, 6.45) is 78.0. The van der Waals surface area contributed by atoms with E-state index < -0.39 is 94.8 Å². The van der Waals surface area contributed by atoms with Gasteiger partial charge in [-0.3, -0.25) is 9.59 Å². The SMILES string of the molecule is CCCCCCCCCCCCCCCCCCCCCC[C@@H](C(=O)OCC1O[C@H](OC2O[C@@H](CO)C(O)[C@H](O)C2O)C(O)[C@@H](O)[C@@H]1O)[C@@H](CCCCCCCCCCCCCCCCCC[C@H]1C[C@@H]1[C@@H](C)CCCCCCCCCCCCCCCCC(=O)O[C@@H](C)CCCCCCCCCCCCCCCCCC)O[Si](C)(C)C(C)(C)C. The monoisotopic (exact) mass is 1710 g/mol. The van der Waals surface area contributed by atoms with Crippen LogP contribution in [0.3, 0.4) is 0 Å². The highest BCUT2D eigenvalue weighted by Gasteiger charge is 2.51. The number of aliphatic hydroxyl groups is 7. The number of hydrogen-bond donors (Lipinski definition) is 7. The maximum Gasteiger partial charge on any atom is 0.311 e. The summed E-state index contributed by atoms with van der Waals surface area (Å²) < 4.78 is 36.2. The number of carbonyl (C=O) groups excluding carboxylic acids is 2. The van der Waals surface area contributed by atoms with Crippen LogP contribution >= 0.6 is 0 Å². The number of esters is 2. The topological polar surface area (TPSA) is 231 Å². The van der Waals surface area contributed by atoms with E-state index in [9.17, 15) is 45.3 Å². The zero-order valence-corrected chi connectivity index (χ0v) is 80.7. The lowest BCUT2D eigenvalue weighted by Crippen LogP contribution is -2.63. The number of rotatable bonds is 85. The summed E-state index contributed by atoms with van der Waals surface area (Å²) in [4.78, 5) is 27.1. The molecule has 119 heavy (non-hydrogen) atoms. The molecule has 0 aromatic heterocycles. The number of carbonyl (C=O) groups is 2. The van der Waals surface area contributed by atoms with Crippen LogP contribution in [0, 0.1) is 23.7 Å². The van der Waals surface area contributed by atoms with Gasteiger partial charge in [0, 0.05) is 6.42 Å². The summed E-state index contributed by atoms with van der Waals surface area (Å²) in [6.45, 7) is 19.2. The van der Waals surface area contributed by atoms with Gasteiger partial charge in [0.25, 0.3) is 0 Å². The Balaban J connectivity index is 1.21. The van der Waals surface area contributed by atoms with E-state index in [0.29, 0.717) is 12.8 Å². The summed E-state index contributed by atoms with van der Waals surface area (Å²) in [5, 5.41) is 74.2. The molecule has 1 aliphatic carbocycles. The van der Waals surface area contributed by atoms with E-state index in [1.807, 2.05) is 0 Å². The molecule has 3 rings (SSSR count). The van der Waals surface area contributed by atoms with Crippen molar-refractivity contribution >= 4 is 20.3 Å². The number of unbranched alkanes of at least 4 members (excludes halogenated alkanes) is 62. The fraction of sp³-hybridized carbons (Fsp3) is 0.981. The molecule has 15 nitrogen and oxygen atoms in total. The van der Waals surface area contributed by atoms with Crippen LogP contribution in [0.1, 0.15) is 517 Å². The summed E-state index contributed by atoms with van der Waals surface area (Å²) in [6, 6.07) is 0. The Labute approximate surface area is 735 Å². The number of hydrogen-bond acceptors (Lipinski definition) is 15. The van der Waals surface area contributed by atoms with Crippen molar-refractivity contribution in [1.29, 1.82) is 0 Å². The molecule has 5 unspecified atom stereocenters. The quantitative estimate of drug-likeness (QED) is 0.0171. The van der Waals surface area contributed by atoms with Gasteiger partial charge in [0.2, 0.25) is 0 Å². The van der Waals surface area contributed by atoms with Crippen LogP contribution in [0.2, 0.25) is 18.1 Å². The highest BCUT2D eigenvalue weighted by atomic mass is 28.4. The predicted octanol–water partition coefficient (Wildman–Crippen LogP) is 27.5. The van der Waals surface area contributed by atoms with Gasteiger partial charge >= 0.3 is 11.9 Å². The molecule has 0 amide bonds. The van der Waals surface area contributed by atoms with Gasteiger partial charge in [0.1, 0.15) is 55.4 Å². The fourth-order valence-corrected chi connectivity index (χ4v) is 20.0. The first-order chi connectivity index (χ1) is 57.7. The third kappa shape index (κ3) is 55.9. The van der Waals surface area contributed by atoms with Crippen molar-refractivity contribution in [1.82, 2.24) is 0 Å². The van der Waals surface area contributed by atoms with Gasteiger partial charge in [-0.25, -0.2) is 0 Å². The highest BCUT2D eigenvalue weighted by molar-refractivity contribution is 6.74. The average Bonchev–Trinajstić information content (AvgIpc) is 1.56. The Morgan fingerprint density at radius 3 is 1.03 bits per heavy atom. The summed E-state index contributed by atoms with van der Waals surface area (Å²) in [7, 11) is -2.38. The third-order valence-electron chi connectivity index (χ3n) is 28.2. The van der Waals surface area contributed by atoms with Gasteiger partial charge in [-0.1, -0.05) is 465 Å². The van der Waals surface area contributed by atoms with Crippen LogP contribution < -0.4 is 0 Å². The minimum atomic E-state index is -2.38. The summed E-state index contributed by atoms with van der Waals surface area (Å²) >= 11 is 0. The third-order valence-corrected chi connectivity index (χ3v) is 32.7. The van der Waals surface area contributed by atoms with Gasteiger partial charge in [0.15, 0.2) is 20.9 Å². The van der Waals surface area contributed by atoms with Gasteiger partial charge in [-0.15, -0.1) is 0 Å². The summed E-state index contributed by atoms with van der Waals surface area (Å²) in [5.74, 6) is 1.92. The molecule has 7 N–H and O–H groups in total. The fourth-order valence-electron chi connectivity index (χ4n) is 18.6. The predicted molar refractivity (Wildman–Crippen MR) is 498 cm³/mol. The Hall–Kier alpha value is -1.28. The van der Waals surface area contributed by atoms with Crippen LogP contribution in [-0.2, 0) is 37.7 Å². The maximum atomic E-state index is 14.7. The lowest BCUT2D eigenvalue weighted by Gasteiger charge is -2.44. The first-order valence-corrected chi connectivity index (χ1v) is 55.3. The zero-order chi connectivity index (χ0) is 86.7. The Bertz CT molecular complexity index is 2270. The number of aliphatic hydroxyl groups excluding tert-OH is 7. The Morgan fingerprint density at radius 1 is 0.378 bits per heavy atom. The molecule has 16 heteroatoms. The van der Waals surface area contributed by atoms with Gasteiger partial charge < -0.3 is 63.9 Å². The van der Waals surface area contributed by atoms with Crippen molar-refractivity contribution in [3.05, 3.63) is 0 Å². The Morgan fingerprint density at radius 2 is 0.681 bits per heavy atom. The lowest BCUT2D eigenvalue weighted by atomic mass is 9.91. The van der Waals surface area contributed by atoms with E-state index in [0.717, 1.165) is 82.0 Å². The molecule has 3 aliphatic rings. The maximum absolute atomic E-state index is 14.7. The molecule has 0 aromatic rings. The largest absolute Gasteiger partial charge is 0.463 e. The first-order valence-electron chi connectivity index (χ1n) is 52.4.